The number of rotatable bonds is 4. The van der Waals surface area contributed by atoms with Gasteiger partial charge in [-0.1, -0.05) is 567 Å². The van der Waals surface area contributed by atoms with Gasteiger partial charge in [0.25, 0.3) is 0 Å². The second kappa shape index (κ2) is 54.3. The zero-order valence-corrected chi connectivity index (χ0v) is 80.6. The van der Waals surface area contributed by atoms with Crippen molar-refractivity contribution in [3.63, 3.8) is 0 Å². The van der Waals surface area contributed by atoms with Crippen LogP contribution in [0, 0.1) is 6.92 Å². The van der Waals surface area contributed by atoms with Crippen molar-refractivity contribution in [1.29, 1.82) is 0 Å². The smallest absolute Gasteiger partial charge is 0.537 e. The molecule has 0 spiro atoms. The van der Waals surface area contributed by atoms with Gasteiger partial charge in [-0.3, -0.25) is 0 Å². The molecular weight excluding hydrogens is 1830 g/mol. The molecule has 4 nitrogen and oxygen atoms in total. The van der Waals surface area contributed by atoms with E-state index in [1.54, 1.807) is 0 Å². The number of alkyl halides is 3. The van der Waals surface area contributed by atoms with Crippen LogP contribution in [0.15, 0.2) is 485 Å². The molecular formula is C121H110B2Br2IO4. The molecule has 0 fully saturated rings. The van der Waals surface area contributed by atoms with Gasteiger partial charge in [0, 0.05) is 10.8 Å². The molecule has 1 radical (unpaired) electrons. The number of hydrogen-bond donors (Lipinski definition) is 3. The maximum absolute atomic E-state index is 9.18. The summed E-state index contributed by atoms with van der Waals surface area (Å²) in [7, 11) is -0.420. The number of fused-ring (bicyclic) bond motifs is 19. The minimum Gasteiger partial charge on any atom is -0.537 e. The highest BCUT2D eigenvalue weighted by atomic mass is 127. The fourth-order valence-electron chi connectivity index (χ4n) is 15.9. The molecule has 23 rings (SSSR count). The number of hydrogen-bond acceptors (Lipinski definition) is 4. The summed E-state index contributed by atoms with van der Waals surface area (Å²) < 4.78 is 5.45. The van der Waals surface area contributed by atoms with Crippen LogP contribution in [-0.4, -0.2) is 46.5 Å². The maximum Gasteiger partial charge on any atom is 0.569 e. The Bertz CT molecular complexity index is 6460. The fraction of sp³-hybridized carbons (Fsp3) is 0.0744. The Hall–Kier alpha value is -13.1. The Balaban J connectivity index is 0.000000156. The molecule has 0 aliphatic heterocycles. The van der Waals surface area contributed by atoms with E-state index in [1.807, 2.05) is 208 Å². The molecule has 0 aliphatic carbocycles. The Morgan fingerprint density at radius 3 is 0.546 bits per heavy atom. The molecule has 645 valence electrons. The van der Waals surface area contributed by atoms with Gasteiger partial charge in [0.2, 0.25) is 0 Å². The highest BCUT2D eigenvalue weighted by Gasteiger charge is 2.17. The highest BCUT2D eigenvalue weighted by molar-refractivity contribution is 14.1. The van der Waals surface area contributed by atoms with Gasteiger partial charge >= 0.3 is 14.8 Å². The van der Waals surface area contributed by atoms with E-state index in [1.165, 1.54) is 153 Å². The summed E-state index contributed by atoms with van der Waals surface area (Å²) in [5.41, 5.74) is 6.33. The van der Waals surface area contributed by atoms with Crippen LogP contribution in [0.3, 0.4) is 0 Å². The summed E-state index contributed by atoms with van der Waals surface area (Å²) in [6.45, 7) is 11.5. The second-order valence-electron chi connectivity index (χ2n) is 28.9. The fourth-order valence-corrected chi connectivity index (χ4v) is 15.9. The van der Waals surface area contributed by atoms with Crippen LogP contribution in [0.5, 0.6) is 5.75 Å². The Morgan fingerprint density at radius 2 is 0.354 bits per heavy atom. The third-order valence-corrected chi connectivity index (χ3v) is 21.3. The van der Waals surface area contributed by atoms with E-state index in [2.05, 4.69) is 383 Å². The molecule has 0 bridgehead atoms. The average molecular weight is 1940 g/mol. The SMILES string of the molecule is CB(O)O.CBr.CBr.CC.CC.CI.Cc1c2ccccc2c(-c2ccccc2)c2ccccc12.O[B]Oc1c2ccccc2c(-c2ccccc2)c2ccccc12.c1ccc2c(c1)ccc1c3ccccc3ccc21.c1ccc2c(c1)ccc1c3ccccc3ccc21.c1ccc2c(c1)ccc1c3ccccc3ccc21.c1ccccc1.c1ccccc1.c1ccccc1. The average Bonchev–Trinajstić information content (AvgIpc) is 0.738. The molecule has 23 aromatic carbocycles. The molecule has 0 atom stereocenters. The van der Waals surface area contributed by atoms with Crippen molar-refractivity contribution in [1.82, 2.24) is 0 Å². The van der Waals surface area contributed by atoms with Crippen LogP contribution in [0.4, 0.5) is 0 Å². The van der Waals surface area contributed by atoms with E-state index in [0.717, 1.165) is 29.2 Å². The summed E-state index contributed by atoms with van der Waals surface area (Å²) in [5.74, 6) is 4.30. The summed E-state index contributed by atoms with van der Waals surface area (Å²) in [6, 6.07) is 169. The number of aryl methyl sites for hydroxylation is 1. The zero-order valence-electron chi connectivity index (χ0n) is 75.2. The lowest BCUT2D eigenvalue weighted by atomic mass is 9.89. The molecule has 0 aromatic heterocycles. The lowest BCUT2D eigenvalue weighted by Crippen LogP contribution is -2.01. The molecule has 0 unspecified atom stereocenters. The first-order valence-corrected chi connectivity index (χ1v) is 49.1. The Morgan fingerprint density at radius 1 is 0.208 bits per heavy atom. The predicted octanol–water partition coefficient (Wildman–Crippen LogP) is 35.2. The third-order valence-electron chi connectivity index (χ3n) is 21.3. The van der Waals surface area contributed by atoms with Crippen LogP contribution in [0.1, 0.15) is 33.3 Å². The summed E-state index contributed by atoms with van der Waals surface area (Å²) in [4.78, 5) is 1.97. The van der Waals surface area contributed by atoms with Gasteiger partial charge in [-0.05, 0) is 187 Å². The topological polar surface area (TPSA) is 69.9 Å². The van der Waals surface area contributed by atoms with Crippen LogP contribution < -0.4 is 4.65 Å². The summed E-state index contributed by atoms with van der Waals surface area (Å²) in [6.07, 6.45) is 0. The normalized spacial score (nSPS) is 9.96. The van der Waals surface area contributed by atoms with E-state index in [0.29, 0.717) is 5.75 Å². The molecule has 130 heavy (non-hydrogen) atoms. The van der Waals surface area contributed by atoms with E-state index < -0.39 is 7.12 Å². The Kier molecular flexibility index (Phi) is 41.4. The first kappa shape index (κ1) is 99.1. The summed E-state index contributed by atoms with van der Waals surface area (Å²) >= 11 is 8.02. The van der Waals surface area contributed by atoms with Crippen molar-refractivity contribution in [2.75, 3.05) is 16.6 Å². The molecule has 9 heteroatoms. The lowest BCUT2D eigenvalue weighted by molar-refractivity contribution is 0.417. The molecule has 3 N–H and O–H groups in total. The van der Waals surface area contributed by atoms with Gasteiger partial charge in [0.15, 0.2) is 0 Å². The highest BCUT2D eigenvalue weighted by Crippen LogP contribution is 2.44. The van der Waals surface area contributed by atoms with Gasteiger partial charge in [-0.25, -0.2) is 0 Å². The van der Waals surface area contributed by atoms with Crippen molar-refractivity contribution in [3.05, 3.63) is 491 Å². The van der Waals surface area contributed by atoms with Crippen molar-refractivity contribution in [3.8, 4) is 28.0 Å². The molecule has 0 aliphatic rings. The zero-order chi connectivity index (χ0) is 92.0. The first-order chi connectivity index (χ1) is 64.3. The standard InChI is InChI=1S/C21H16.C20H14BO2.3C18H12.3C6H6.2C2H6.CH5BO2.2CH3Br.CH3I/c1-15-17-11-5-7-13-19(17)21(16-9-3-2-4-10-16)20-14-8-6-12-18(15)20;22-21-23-20-17-12-6-4-10-15(17)19(14-8-2-1-3-9-14)16-11-5-7-13-18(16)20;3*1-3-7-15-13(5-1)9-11-18-16-8-4-2-6-14(16)10-12-17(15)18;3*1-2-4-6-5-3-1;2*1-2;1-2(3)4;3*1-2/h2-14H,1H3;1-13,22H;3*1-12H;3*1-6H;2*1-2H3;3-4H,1H3;3*1H3. The molecule has 0 saturated carbocycles. The monoisotopic (exact) mass is 1930 g/mol. The molecule has 0 heterocycles. The van der Waals surface area contributed by atoms with E-state index in [9.17, 15) is 5.02 Å². The largest absolute Gasteiger partial charge is 0.569 e. The molecule has 0 saturated heterocycles. The van der Waals surface area contributed by atoms with Gasteiger partial charge in [-0.2, -0.15) is 0 Å². The first-order valence-electron chi connectivity index (χ1n) is 43.7. The number of halogens is 3. The minimum absolute atomic E-state index is 0.679. The van der Waals surface area contributed by atoms with Crippen molar-refractivity contribution < 1.29 is 19.7 Å². The van der Waals surface area contributed by atoms with Gasteiger partial charge in [0.1, 0.15) is 5.75 Å². The van der Waals surface area contributed by atoms with Crippen LogP contribution >= 0.6 is 54.5 Å². The predicted molar refractivity (Wildman–Crippen MR) is 592 cm³/mol. The van der Waals surface area contributed by atoms with Crippen molar-refractivity contribution in [2.45, 2.75) is 41.4 Å². The van der Waals surface area contributed by atoms with Crippen LogP contribution in [0.2, 0.25) is 6.82 Å². The Labute approximate surface area is 799 Å². The molecule has 23 aromatic rings. The van der Waals surface area contributed by atoms with Crippen LogP contribution in [-0.2, 0) is 0 Å². The van der Waals surface area contributed by atoms with Crippen LogP contribution in [0.25, 0.3) is 162 Å². The van der Waals surface area contributed by atoms with Crippen molar-refractivity contribution >= 4 is 209 Å². The molecule has 0 amide bonds. The van der Waals surface area contributed by atoms with Gasteiger partial charge in [0.05, 0.1) is 0 Å². The third kappa shape index (κ3) is 25.9. The maximum atomic E-state index is 9.18. The van der Waals surface area contributed by atoms with E-state index in [-0.39, 0.29) is 0 Å². The number of benzene rings is 23. The van der Waals surface area contributed by atoms with E-state index >= 15 is 0 Å². The second-order valence-corrected chi connectivity index (χ2v) is 28.9. The van der Waals surface area contributed by atoms with Gasteiger partial charge < -0.3 is 19.7 Å². The van der Waals surface area contributed by atoms with Gasteiger partial charge in [-0.15, -0.1) is 0 Å². The lowest BCUT2D eigenvalue weighted by Gasteiger charge is -2.16. The summed E-state index contributed by atoms with van der Waals surface area (Å²) in [5, 5.41) is 57.8. The minimum atomic E-state index is -1.17. The quantitative estimate of drug-likeness (QED) is 0.0540. The van der Waals surface area contributed by atoms with E-state index in [4.69, 9.17) is 14.7 Å². The van der Waals surface area contributed by atoms with Crippen molar-refractivity contribution in [2.24, 2.45) is 0 Å².